The van der Waals surface area contributed by atoms with Crippen molar-refractivity contribution >= 4 is 58.4 Å². The summed E-state index contributed by atoms with van der Waals surface area (Å²) < 4.78 is 1.51. The van der Waals surface area contributed by atoms with Crippen LogP contribution in [0.1, 0.15) is 16.4 Å². The van der Waals surface area contributed by atoms with Gasteiger partial charge in [0.15, 0.2) is 5.82 Å². The first-order chi connectivity index (χ1) is 16.9. The lowest BCUT2D eigenvalue weighted by molar-refractivity contribution is -0.150. The fourth-order valence-electron chi connectivity index (χ4n) is 3.92. The van der Waals surface area contributed by atoms with Crippen LogP contribution in [0.15, 0.2) is 39.9 Å². The fourth-order valence-corrected chi connectivity index (χ4v) is 7.15. The Morgan fingerprint density at radius 2 is 2.17 bits per heavy atom. The van der Waals surface area contributed by atoms with Gasteiger partial charge >= 0.3 is 5.97 Å². The van der Waals surface area contributed by atoms with Crippen molar-refractivity contribution in [3.05, 3.63) is 51.2 Å². The van der Waals surface area contributed by atoms with Crippen LogP contribution in [-0.4, -0.2) is 75.4 Å². The van der Waals surface area contributed by atoms with Crippen LogP contribution in [0.25, 0.3) is 5.78 Å². The Kier molecular flexibility index (Phi) is 6.53. The van der Waals surface area contributed by atoms with Gasteiger partial charge in [0.1, 0.15) is 28.7 Å². The third-order valence-corrected chi connectivity index (χ3v) is 8.76. The van der Waals surface area contributed by atoms with Gasteiger partial charge in [-0.1, -0.05) is 6.07 Å². The number of aliphatic carboxylic acids is 1. The third kappa shape index (κ3) is 4.53. The van der Waals surface area contributed by atoms with E-state index in [0.717, 1.165) is 4.88 Å². The molecule has 5 rings (SSSR count). The van der Waals surface area contributed by atoms with Crippen LogP contribution in [0.4, 0.5) is 0 Å². The van der Waals surface area contributed by atoms with Crippen molar-refractivity contribution in [3.63, 3.8) is 0 Å². The number of thioether (sulfide) groups is 2. The van der Waals surface area contributed by atoms with E-state index in [9.17, 15) is 24.6 Å². The average Bonchev–Trinajstić information content (AvgIpc) is 3.49. The number of fused-ring (bicyclic) bond motifs is 2. The van der Waals surface area contributed by atoms with Gasteiger partial charge in [-0.3, -0.25) is 14.5 Å². The number of β-lactam (4-membered cyclic amide) rings is 1. The molecule has 0 aromatic carbocycles. The minimum atomic E-state index is -1.18. The number of hydrogen-bond donors (Lipinski definition) is 3. The lowest BCUT2D eigenvalue weighted by Gasteiger charge is -2.49. The van der Waals surface area contributed by atoms with E-state index in [1.807, 2.05) is 24.4 Å². The number of aryl methyl sites for hydroxylation is 1. The largest absolute Gasteiger partial charge is 0.477 e. The molecule has 0 aliphatic carbocycles. The van der Waals surface area contributed by atoms with Gasteiger partial charge in [-0.25, -0.2) is 9.78 Å². The molecule has 2 aliphatic rings. The normalized spacial score (nSPS) is 19.6. The minimum absolute atomic E-state index is 0.0355. The number of aromatic nitrogens is 4. The molecule has 1 unspecified atom stereocenters. The second kappa shape index (κ2) is 9.60. The van der Waals surface area contributed by atoms with E-state index in [-0.39, 0.29) is 30.5 Å². The molecule has 0 saturated carbocycles. The second-order valence-corrected chi connectivity index (χ2v) is 11.0. The van der Waals surface area contributed by atoms with Crippen molar-refractivity contribution in [1.82, 2.24) is 29.8 Å². The highest BCUT2D eigenvalue weighted by atomic mass is 32.2. The number of rotatable bonds is 8. The molecule has 1 fully saturated rings. The molecule has 14 heteroatoms. The molecule has 1 saturated heterocycles. The molecule has 3 N–H and O–H groups in total. The molecule has 0 bridgehead atoms. The van der Waals surface area contributed by atoms with Crippen molar-refractivity contribution in [2.24, 2.45) is 0 Å². The highest BCUT2D eigenvalue weighted by Gasteiger charge is 2.54. The van der Waals surface area contributed by atoms with Crippen LogP contribution in [0.2, 0.25) is 0 Å². The van der Waals surface area contributed by atoms with Crippen LogP contribution in [0, 0.1) is 6.92 Å². The van der Waals surface area contributed by atoms with Crippen LogP contribution in [-0.2, 0) is 27.4 Å². The first-order valence-corrected chi connectivity index (χ1v) is 13.5. The summed E-state index contributed by atoms with van der Waals surface area (Å²) in [5, 5.41) is 28.4. The summed E-state index contributed by atoms with van der Waals surface area (Å²) >= 11 is 4.25. The number of amides is 2. The first kappa shape index (κ1) is 23.8. The van der Waals surface area contributed by atoms with Gasteiger partial charge in [-0.2, -0.15) is 9.50 Å². The van der Waals surface area contributed by atoms with Gasteiger partial charge in [0.05, 0.1) is 6.42 Å². The number of carbonyl (C=O) groups excluding carboxylic acids is 2. The molecule has 2 aliphatic heterocycles. The first-order valence-electron chi connectivity index (χ1n) is 10.5. The second-order valence-electron chi connectivity index (χ2n) is 7.89. The van der Waals surface area contributed by atoms with Gasteiger partial charge in [-0.15, -0.1) is 40.0 Å². The summed E-state index contributed by atoms with van der Waals surface area (Å²) in [6, 6.07) is 4.77. The third-order valence-electron chi connectivity index (χ3n) is 5.47. The summed E-state index contributed by atoms with van der Waals surface area (Å²) in [6.45, 7) is 1.49. The number of aliphatic hydroxyl groups is 1. The molecule has 35 heavy (non-hydrogen) atoms. The highest BCUT2D eigenvalue weighted by molar-refractivity contribution is 8.01. The SMILES string of the molecule is Cc1cc(SCC2=C(C(=O)O)N3C(=O)C(NC(=O)Cc4cccs4)[C@H]3SC2)n2nc(CO)nc2n1. The van der Waals surface area contributed by atoms with E-state index < -0.39 is 23.3 Å². The maximum Gasteiger partial charge on any atom is 0.352 e. The molecule has 5 heterocycles. The topological polar surface area (TPSA) is 150 Å². The minimum Gasteiger partial charge on any atom is -0.477 e. The molecule has 3 aromatic heterocycles. The number of thiophene rings is 1. The fraction of sp³-hybridized carbons (Fsp3) is 0.333. The molecular weight excluding hydrogens is 512 g/mol. The van der Waals surface area contributed by atoms with Crippen molar-refractivity contribution in [2.75, 3.05) is 11.5 Å². The van der Waals surface area contributed by atoms with Crippen molar-refractivity contribution < 1.29 is 24.6 Å². The van der Waals surface area contributed by atoms with E-state index in [1.54, 1.807) is 6.07 Å². The van der Waals surface area contributed by atoms with Crippen molar-refractivity contribution in [3.8, 4) is 0 Å². The highest BCUT2D eigenvalue weighted by Crippen LogP contribution is 2.41. The Labute approximate surface area is 211 Å². The lowest BCUT2D eigenvalue weighted by atomic mass is 10.0. The van der Waals surface area contributed by atoms with E-state index >= 15 is 0 Å². The zero-order chi connectivity index (χ0) is 24.7. The molecule has 182 valence electrons. The molecule has 0 spiro atoms. The van der Waals surface area contributed by atoms with Crippen molar-refractivity contribution in [2.45, 2.75) is 36.4 Å². The molecule has 3 aromatic rings. The summed E-state index contributed by atoms with van der Waals surface area (Å²) in [5.41, 5.74) is 1.28. The van der Waals surface area contributed by atoms with Crippen LogP contribution in [0.3, 0.4) is 0 Å². The van der Waals surface area contributed by atoms with Crippen molar-refractivity contribution in [1.29, 1.82) is 0 Å². The molecule has 2 atom stereocenters. The molecule has 2 amide bonds. The van der Waals surface area contributed by atoms with Crippen LogP contribution in [0.5, 0.6) is 0 Å². The summed E-state index contributed by atoms with van der Waals surface area (Å²) in [4.78, 5) is 48.0. The predicted molar refractivity (Wildman–Crippen MR) is 130 cm³/mol. The molecule has 0 radical (unpaired) electrons. The summed E-state index contributed by atoms with van der Waals surface area (Å²) in [6.07, 6.45) is 0.183. The van der Waals surface area contributed by atoms with Crippen LogP contribution >= 0.6 is 34.9 Å². The van der Waals surface area contributed by atoms with E-state index in [1.165, 1.54) is 44.3 Å². The average molecular weight is 533 g/mol. The Hall–Kier alpha value is -2.94. The summed E-state index contributed by atoms with van der Waals surface area (Å²) in [7, 11) is 0. The van der Waals surface area contributed by atoms with Gasteiger partial charge in [0, 0.05) is 22.1 Å². The van der Waals surface area contributed by atoms with E-state index in [4.69, 9.17) is 0 Å². The Balaban J connectivity index is 1.32. The maximum atomic E-state index is 12.9. The molecular formula is C21H20N6O5S3. The monoisotopic (exact) mass is 532 g/mol. The zero-order valence-corrected chi connectivity index (χ0v) is 20.8. The Morgan fingerprint density at radius 1 is 1.34 bits per heavy atom. The Bertz CT molecular complexity index is 1350. The number of carbonyl (C=O) groups is 3. The number of nitrogens with zero attached hydrogens (tertiary/aromatic N) is 5. The van der Waals surface area contributed by atoms with Gasteiger partial charge in [0.25, 0.3) is 11.7 Å². The zero-order valence-electron chi connectivity index (χ0n) is 18.4. The van der Waals surface area contributed by atoms with E-state index in [0.29, 0.717) is 33.6 Å². The predicted octanol–water partition coefficient (Wildman–Crippen LogP) is 1.06. The number of carboxylic acid groups (broad SMARTS) is 1. The standard InChI is InChI=1S/C21H20N6O5S3/c1-10-5-15(27-21(22-10)23-13(7-28)25-27)34-8-11-9-35-19-16(18(30)26(19)17(11)20(31)32)24-14(29)6-12-3-2-4-33-12/h2-5,16,19,28H,6-9H2,1H3,(H,24,29)(H,31,32)/t16?,19-/m1/s1. The van der Waals surface area contributed by atoms with E-state index in [2.05, 4.69) is 20.4 Å². The Morgan fingerprint density at radius 3 is 2.89 bits per heavy atom. The number of carboxylic acids is 1. The lowest BCUT2D eigenvalue weighted by Crippen LogP contribution is -2.70. The van der Waals surface area contributed by atoms with Gasteiger partial charge in [0.2, 0.25) is 5.91 Å². The van der Waals surface area contributed by atoms with Gasteiger partial charge in [-0.05, 0) is 30.0 Å². The number of aliphatic hydroxyl groups excluding tert-OH is 1. The van der Waals surface area contributed by atoms with Crippen LogP contribution < -0.4 is 5.32 Å². The smallest absolute Gasteiger partial charge is 0.352 e. The molecule has 11 nitrogen and oxygen atoms in total. The number of nitrogens with one attached hydrogen (secondary N) is 1. The number of hydrogen-bond acceptors (Lipinski definition) is 10. The van der Waals surface area contributed by atoms with Gasteiger partial charge < -0.3 is 15.5 Å². The quantitative estimate of drug-likeness (QED) is 0.218. The summed E-state index contributed by atoms with van der Waals surface area (Å²) in [5.74, 6) is -0.554. The maximum absolute atomic E-state index is 12.9.